The molecule has 0 bridgehead atoms. The highest BCUT2D eigenvalue weighted by Gasteiger charge is 2.30. The largest absolute Gasteiger partial charge is 0.629 e. The maximum atomic E-state index is 11.3. The Bertz CT molecular complexity index is 309. The minimum Gasteiger partial charge on any atom is -0.629 e. The molecule has 14 heavy (non-hydrogen) atoms. The molecule has 0 radical (unpaired) electrons. The van der Waals surface area contributed by atoms with E-state index in [2.05, 4.69) is 0 Å². The maximum Gasteiger partial charge on any atom is 0.222 e. The van der Waals surface area contributed by atoms with Gasteiger partial charge in [-0.1, -0.05) is 6.08 Å². The van der Waals surface area contributed by atoms with Gasteiger partial charge in [-0.25, -0.2) is 0 Å². The lowest BCUT2D eigenvalue weighted by Crippen LogP contribution is -3.02. The number of likely N-dealkylation sites (tertiary alicyclic amines) is 1. The van der Waals surface area contributed by atoms with Crippen molar-refractivity contribution >= 4 is 5.91 Å². The van der Waals surface area contributed by atoms with Gasteiger partial charge in [0.25, 0.3) is 0 Å². The number of amides is 1. The van der Waals surface area contributed by atoms with Crippen LogP contribution < -0.4 is 5.06 Å². The molecule has 2 atom stereocenters. The first-order chi connectivity index (χ1) is 6.68. The van der Waals surface area contributed by atoms with Gasteiger partial charge in [-0.2, -0.15) is 0 Å². The van der Waals surface area contributed by atoms with Crippen LogP contribution in [0.2, 0.25) is 0 Å². The molecule has 2 rings (SSSR count). The van der Waals surface area contributed by atoms with Crippen molar-refractivity contribution in [3.05, 3.63) is 29.1 Å². The van der Waals surface area contributed by atoms with Crippen molar-refractivity contribution in [3.8, 4) is 0 Å². The number of hydroxylamine groups is 2. The zero-order valence-corrected chi connectivity index (χ0v) is 8.19. The summed E-state index contributed by atoms with van der Waals surface area (Å²) in [5.74, 6) is 0.169. The summed E-state index contributed by atoms with van der Waals surface area (Å²) in [4.78, 5) is 13.0. The fraction of sp³-hybridized carbons (Fsp3) is 0.500. The Labute approximate surface area is 83.1 Å². The average Bonchev–Trinajstić information content (AvgIpc) is 2.48. The Morgan fingerprint density at radius 1 is 1.64 bits per heavy atom. The highest BCUT2D eigenvalue weighted by molar-refractivity contribution is 5.79. The van der Waals surface area contributed by atoms with E-state index in [1.807, 2.05) is 12.2 Å². The van der Waals surface area contributed by atoms with Gasteiger partial charge >= 0.3 is 0 Å². The number of nitrogens with zero attached hydrogens (tertiary/aromatic N) is 1. The molecule has 1 amide bonds. The lowest BCUT2D eigenvalue weighted by atomic mass is 10.0. The van der Waals surface area contributed by atoms with Crippen LogP contribution in [0.3, 0.4) is 0 Å². The molecule has 2 aliphatic rings. The van der Waals surface area contributed by atoms with Gasteiger partial charge in [0.05, 0.1) is 12.2 Å². The first-order valence-electron chi connectivity index (χ1n) is 4.85. The fourth-order valence-corrected chi connectivity index (χ4v) is 2.01. The second kappa shape index (κ2) is 3.55. The van der Waals surface area contributed by atoms with Gasteiger partial charge in [-0.15, -0.1) is 0 Å². The molecular weight excluding hydrogens is 180 g/mol. The van der Waals surface area contributed by atoms with Crippen molar-refractivity contribution in [1.82, 2.24) is 4.90 Å². The Kier molecular flexibility index (Phi) is 2.39. The van der Waals surface area contributed by atoms with Crippen LogP contribution in [0.4, 0.5) is 0 Å². The van der Waals surface area contributed by atoms with Crippen LogP contribution in [0.5, 0.6) is 0 Å². The van der Waals surface area contributed by atoms with Crippen LogP contribution >= 0.6 is 0 Å². The molecule has 0 spiro atoms. The maximum absolute atomic E-state index is 11.3. The van der Waals surface area contributed by atoms with Crippen LogP contribution in [0.15, 0.2) is 23.9 Å². The van der Waals surface area contributed by atoms with E-state index < -0.39 is 0 Å². The van der Waals surface area contributed by atoms with Crippen molar-refractivity contribution in [2.24, 2.45) is 0 Å². The highest BCUT2D eigenvalue weighted by atomic mass is 16.5. The predicted molar refractivity (Wildman–Crippen MR) is 52.2 cm³/mol. The molecule has 2 heterocycles. The number of hydrogen-bond donors (Lipinski definition) is 1. The standard InChI is InChI=1S/C10H14N2O2/c1-11-9(4-5-10(11)13)8-3-2-6-12(14)7-8/h2-3,7,9,12H,4-6H2,1H3. The number of nitrogens with one attached hydrogen (secondary N) is 1. The van der Waals surface area contributed by atoms with E-state index in [0.29, 0.717) is 13.0 Å². The number of rotatable bonds is 1. The summed E-state index contributed by atoms with van der Waals surface area (Å²) in [5.41, 5.74) is 0.981. The van der Waals surface area contributed by atoms with Gasteiger partial charge in [-0.3, -0.25) is 4.79 Å². The fourth-order valence-electron chi connectivity index (χ4n) is 2.01. The van der Waals surface area contributed by atoms with Crippen molar-refractivity contribution in [2.45, 2.75) is 18.9 Å². The Hall–Kier alpha value is -1.13. The monoisotopic (exact) mass is 194 g/mol. The molecule has 76 valence electrons. The number of hydrogen-bond acceptors (Lipinski definition) is 2. The minimum absolute atomic E-state index is 0.114. The molecule has 1 fully saturated rings. The predicted octanol–water partition coefficient (Wildman–Crippen LogP) is -0.556. The highest BCUT2D eigenvalue weighted by Crippen LogP contribution is 2.23. The molecule has 0 saturated carbocycles. The number of likely N-dealkylation sites (N-methyl/N-ethyl adjacent to an activating group) is 1. The number of carbonyl (C=O) groups is 1. The first kappa shape index (κ1) is 9.43. The second-order valence-corrected chi connectivity index (χ2v) is 3.78. The van der Waals surface area contributed by atoms with Gasteiger partial charge < -0.3 is 15.2 Å². The summed E-state index contributed by atoms with van der Waals surface area (Å²) in [6.07, 6.45) is 6.93. The van der Waals surface area contributed by atoms with E-state index >= 15 is 0 Å². The first-order valence-corrected chi connectivity index (χ1v) is 4.85. The summed E-state index contributed by atoms with van der Waals surface area (Å²) in [5, 5.41) is 11.3. The van der Waals surface area contributed by atoms with Crippen molar-refractivity contribution in [1.29, 1.82) is 0 Å². The number of carbonyl (C=O) groups excluding carboxylic acids is 1. The Morgan fingerprint density at radius 3 is 3.00 bits per heavy atom. The van der Waals surface area contributed by atoms with E-state index in [1.54, 1.807) is 18.1 Å². The van der Waals surface area contributed by atoms with Gasteiger partial charge in [0.2, 0.25) is 5.91 Å². The van der Waals surface area contributed by atoms with Crippen molar-refractivity contribution < 1.29 is 9.86 Å². The molecule has 0 aromatic carbocycles. The van der Waals surface area contributed by atoms with Crippen LogP contribution in [-0.4, -0.2) is 30.4 Å². The minimum atomic E-state index is 0.114. The third-order valence-electron chi connectivity index (χ3n) is 2.83. The summed E-state index contributed by atoms with van der Waals surface area (Å²) >= 11 is 0. The normalized spacial score (nSPS) is 32.3. The average molecular weight is 194 g/mol. The molecule has 4 heteroatoms. The summed E-state index contributed by atoms with van der Waals surface area (Å²) in [6.45, 7) is 0.494. The van der Waals surface area contributed by atoms with Gasteiger partial charge in [0, 0.05) is 19.0 Å². The lowest BCUT2D eigenvalue weighted by Gasteiger charge is -2.26. The van der Waals surface area contributed by atoms with Crippen LogP contribution in [0.25, 0.3) is 0 Å². The molecule has 2 aliphatic heterocycles. The van der Waals surface area contributed by atoms with E-state index in [9.17, 15) is 10.0 Å². The summed E-state index contributed by atoms with van der Waals surface area (Å²) in [6, 6.07) is 0.114. The van der Waals surface area contributed by atoms with Gasteiger partial charge in [-0.05, 0) is 12.5 Å². The van der Waals surface area contributed by atoms with Crippen molar-refractivity contribution in [3.63, 3.8) is 0 Å². The van der Waals surface area contributed by atoms with Crippen molar-refractivity contribution in [2.75, 3.05) is 13.6 Å². The zero-order chi connectivity index (χ0) is 10.1. The van der Waals surface area contributed by atoms with Gasteiger partial charge in [0.15, 0.2) is 0 Å². The Morgan fingerprint density at radius 2 is 2.43 bits per heavy atom. The topological polar surface area (TPSA) is 47.8 Å². The third kappa shape index (κ3) is 1.58. The van der Waals surface area contributed by atoms with Gasteiger partial charge in [0.1, 0.15) is 6.54 Å². The van der Waals surface area contributed by atoms with E-state index in [-0.39, 0.29) is 17.0 Å². The second-order valence-electron chi connectivity index (χ2n) is 3.78. The number of quaternary nitrogens is 1. The Balaban J connectivity index is 2.16. The van der Waals surface area contributed by atoms with E-state index in [1.165, 1.54) is 0 Å². The quantitative estimate of drug-likeness (QED) is 0.569. The van der Waals surface area contributed by atoms with Crippen LogP contribution in [-0.2, 0) is 4.79 Å². The van der Waals surface area contributed by atoms with Crippen LogP contribution in [0, 0.1) is 5.21 Å². The van der Waals surface area contributed by atoms with E-state index in [4.69, 9.17) is 0 Å². The lowest BCUT2D eigenvalue weighted by molar-refractivity contribution is -0.785. The molecular formula is C10H14N2O2. The molecule has 4 nitrogen and oxygen atoms in total. The zero-order valence-electron chi connectivity index (χ0n) is 8.19. The van der Waals surface area contributed by atoms with E-state index in [0.717, 1.165) is 12.0 Å². The van der Waals surface area contributed by atoms with Crippen LogP contribution in [0.1, 0.15) is 12.8 Å². The molecule has 0 aromatic heterocycles. The molecule has 1 saturated heterocycles. The third-order valence-corrected chi connectivity index (χ3v) is 2.83. The molecule has 0 aliphatic carbocycles. The smallest absolute Gasteiger partial charge is 0.222 e. The molecule has 1 N–H and O–H groups in total. The summed E-state index contributed by atoms with van der Waals surface area (Å²) in [7, 11) is 1.80. The molecule has 2 unspecified atom stereocenters. The summed E-state index contributed by atoms with van der Waals surface area (Å²) < 4.78 is 0. The SMILES string of the molecule is CN1C(=O)CCC1C1=C[NH+]([O-])CC=C1. The molecule has 0 aromatic rings.